The Morgan fingerprint density at radius 3 is 2.32 bits per heavy atom. The van der Waals surface area contributed by atoms with Crippen molar-refractivity contribution in [1.29, 1.82) is 0 Å². The van der Waals surface area contributed by atoms with Gasteiger partial charge in [-0.2, -0.15) is 0 Å². The average Bonchev–Trinajstić information content (AvgIpc) is 3.09. The molecule has 0 radical (unpaired) electrons. The molecule has 2 aromatic heterocycles. The SMILES string of the molecule is Cc1nccn1C(=O)c1ccc(-n2cccc2)cc1. The highest BCUT2D eigenvalue weighted by Gasteiger charge is 2.10. The smallest absolute Gasteiger partial charge is 0.263 e. The molecule has 0 spiro atoms. The van der Waals surface area contributed by atoms with Crippen molar-refractivity contribution in [3.63, 3.8) is 0 Å². The lowest BCUT2D eigenvalue weighted by Crippen LogP contribution is -2.12. The van der Waals surface area contributed by atoms with Gasteiger partial charge in [0.15, 0.2) is 0 Å². The lowest BCUT2D eigenvalue weighted by molar-refractivity contribution is 0.0957. The van der Waals surface area contributed by atoms with Gasteiger partial charge in [-0.3, -0.25) is 9.36 Å². The van der Waals surface area contributed by atoms with E-state index in [1.165, 1.54) is 0 Å². The van der Waals surface area contributed by atoms with Gasteiger partial charge < -0.3 is 4.57 Å². The number of aromatic nitrogens is 3. The van der Waals surface area contributed by atoms with Gasteiger partial charge in [0, 0.05) is 36.0 Å². The van der Waals surface area contributed by atoms with Gasteiger partial charge in [-0.25, -0.2) is 4.98 Å². The minimum atomic E-state index is -0.0611. The normalized spacial score (nSPS) is 10.6. The zero-order valence-electron chi connectivity index (χ0n) is 10.5. The molecule has 0 aliphatic heterocycles. The lowest BCUT2D eigenvalue weighted by atomic mass is 10.2. The van der Waals surface area contributed by atoms with Crippen molar-refractivity contribution in [3.05, 3.63) is 72.6 Å². The molecule has 3 aromatic rings. The van der Waals surface area contributed by atoms with Crippen molar-refractivity contribution in [2.24, 2.45) is 0 Å². The number of rotatable bonds is 2. The monoisotopic (exact) mass is 251 g/mol. The van der Waals surface area contributed by atoms with Gasteiger partial charge >= 0.3 is 0 Å². The average molecular weight is 251 g/mol. The fraction of sp³-hybridized carbons (Fsp3) is 0.0667. The zero-order chi connectivity index (χ0) is 13.2. The van der Waals surface area contributed by atoms with Crippen LogP contribution in [0.5, 0.6) is 0 Å². The first-order valence-electron chi connectivity index (χ1n) is 6.04. The van der Waals surface area contributed by atoms with Crippen LogP contribution in [0.2, 0.25) is 0 Å². The summed E-state index contributed by atoms with van der Waals surface area (Å²) in [6.45, 7) is 1.81. The summed E-state index contributed by atoms with van der Waals surface area (Å²) in [5, 5.41) is 0. The Labute approximate surface area is 110 Å². The molecule has 0 amide bonds. The number of nitrogens with zero attached hydrogens (tertiary/aromatic N) is 3. The topological polar surface area (TPSA) is 39.8 Å². The molecule has 3 rings (SSSR count). The molecule has 94 valence electrons. The van der Waals surface area contributed by atoms with Gasteiger partial charge in [0.1, 0.15) is 5.82 Å². The van der Waals surface area contributed by atoms with Crippen LogP contribution in [-0.4, -0.2) is 20.0 Å². The van der Waals surface area contributed by atoms with Gasteiger partial charge in [0.05, 0.1) is 0 Å². The summed E-state index contributed by atoms with van der Waals surface area (Å²) in [5.74, 6) is 0.633. The maximum absolute atomic E-state index is 12.2. The van der Waals surface area contributed by atoms with Crippen LogP contribution in [0.15, 0.2) is 61.2 Å². The molecule has 4 heteroatoms. The van der Waals surface area contributed by atoms with Gasteiger partial charge in [-0.15, -0.1) is 0 Å². The Morgan fingerprint density at radius 1 is 1.05 bits per heavy atom. The molecule has 0 saturated carbocycles. The van der Waals surface area contributed by atoms with Crippen molar-refractivity contribution in [2.75, 3.05) is 0 Å². The largest absolute Gasteiger partial charge is 0.324 e. The van der Waals surface area contributed by atoms with E-state index in [1.807, 2.05) is 60.3 Å². The van der Waals surface area contributed by atoms with E-state index in [2.05, 4.69) is 4.98 Å². The molecular weight excluding hydrogens is 238 g/mol. The fourth-order valence-electron chi connectivity index (χ4n) is 2.01. The zero-order valence-corrected chi connectivity index (χ0v) is 10.5. The first-order chi connectivity index (χ1) is 9.25. The summed E-state index contributed by atoms with van der Waals surface area (Å²) in [7, 11) is 0. The summed E-state index contributed by atoms with van der Waals surface area (Å²) in [6, 6.07) is 11.5. The standard InChI is InChI=1S/C15H13N3O/c1-12-16-8-11-18(12)15(19)13-4-6-14(7-5-13)17-9-2-3-10-17/h2-11H,1H3. The summed E-state index contributed by atoms with van der Waals surface area (Å²) < 4.78 is 3.54. The summed E-state index contributed by atoms with van der Waals surface area (Å²) in [5.41, 5.74) is 1.68. The van der Waals surface area contributed by atoms with Crippen LogP contribution < -0.4 is 0 Å². The van der Waals surface area contributed by atoms with E-state index in [0.29, 0.717) is 11.4 Å². The van der Waals surface area contributed by atoms with Crippen molar-refractivity contribution in [2.45, 2.75) is 6.92 Å². The first-order valence-corrected chi connectivity index (χ1v) is 6.04. The maximum Gasteiger partial charge on any atom is 0.263 e. The van der Waals surface area contributed by atoms with E-state index in [9.17, 15) is 4.79 Å². The van der Waals surface area contributed by atoms with Crippen molar-refractivity contribution in [3.8, 4) is 5.69 Å². The Balaban J connectivity index is 1.91. The number of hydrogen-bond donors (Lipinski definition) is 0. The van der Waals surface area contributed by atoms with E-state index in [0.717, 1.165) is 5.69 Å². The molecule has 0 fully saturated rings. The molecule has 0 aliphatic carbocycles. The Kier molecular flexibility index (Phi) is 2.76. The number of aryl methyl sites for hydroxylation is 1. The molecule has 2 heterocycles. The van der Waals surface area contributed by atoms with Crippen LogP contribution in [0.4, 0.5) is 0 Å². The van der Waals surface area contributed by atoms with E-state index in [4.69, 9.17) is 0 Å². The van der Waals surface area contributed by atoms with Crippen LogP contribution in [0.3, 0.4) is 0 Å². The Morgan fingerprint density at radius 2 is 1.74 bits per heavy atom. The predicted molar refractivity (Wildman–Crippen MR) is 72.5 cm³/mol. The van der Waals surface area contributed by atoms with Crippen LogP contribution in [-0.2, 0) is 0 Å². The summed E-state index contributed by atoms with van der Waals surface area (Å²) in [4.78, 5) is 16.3. The van der Waals surface area contributed by atoms with E-state index < -0.39 is 0 Å². The van der Waals surface area contributed by atoms with Crippen LogP contribution >= 0.6 is 0 Å². The van der Waals surface area contributed by atoms with Crippen molar-refractivity contribution >= 4 is 5.91 Å². The molecule has 0 N–H and O–H groups in total. The minimum absolute atomic E-state index is 0.0611. The third-order valence-electron chi connectivity index (χ3n) is 3.06. The molecule has 0 unspecified atom stereocenters. The minimum Gasteiger partial charge on any atom is -0.324 e. The number of imidazole rings is 1. The Bertz CT molecular complexity index is 693. The highest BCUT2D eigenvalue weighted by atomic mass is 16.2. The lowest BCUT2D eigenvalue weighted by Gasteiger charge is -2.06. The van der Waals surface area contributed by atoms with Crippen molar-refractivity contribution < 1.29 is 4.79 Å². The summed E-state index contributed by atoms with van der Waals surface area (Å²) in [6.07, 6.45) is 7.24. The molecule has 1 aromatic carbocycles. The van der Waals surface area contributed by atoms with E-state index >= 15 is 0 Å². The second-order valence-electron chi connectivity index (χ2n) is 4.29. The van der Waals surface area contributed by atoms with Crippen LogP contribution in [0, 0.1) is 6.92 Å². The van der Waals surface area contributed by atoms with Gasteiger partial charge in [-0.1, -0.05) is 0 Å². The Hall–Kier alpha value is -2.62. The van der Waals surface area contributed by atoms with Crippen LogP contribution in [0.25, 0.3) is 5.69 Å². The predicted octanol–water partition coefficient (Wildman–Crippen LogP) is 2.67. The van der Waals surface area contributed by atoms with Crippen molar-refractivity contribution in [1.82, 2.24) is 14.1 Å². The molecule has 19 heavy (non-hydrogen) atoms. The van der Waals surface area contributed by atoms with Gasteiger partial charge in [-0.05, 0) is 43.3 Å². The first kappa shape index (κ1) is 11.5. The number of carbonyl (C=O) groups is 1. The second-order valence-corrected chi connectivity index (χ2v) is 4.29. The molecule has 4 nitrogen and oxygen atoms in total. The number of carbonyl (C=O) groups excluding carboxylic acids is 1. The van der Waals surface area contributed by atoms with Gasteiger partial charge in [0.2, 0.25) is 0 Å². The van der Waals surface area contributed by atoms with Gasteiger partial charge in [0.25, 0.3) is 5.91 Å². The maximum atomic E-state index is 12.2. The van der Waals surface area contributed by atoms with E-state index in [-0.39, 0.29) is 5.91 Å². The molecule has 0 saturated heterocycles. The number of benzene rings is 1. The van der Waals surface area contributed by atoms with Crippen LogP contribution in [0.1, 0.15) is 16.2 Å². The quantitative estimate of drug-likeness (QED) is 0.702. The highest BCUT2D eigenvalue weighted by Crippen LogP contribution is 2.11. The third-order valence-corrected chi connectivity index (χ3v) is 3.06. The molecular formula is C15H13N3O. The number of hydrogen-bond acceptors (Lipinski definition) is 2. The molecule has 0 aliphatic rings. The summed E-state index contributed by atoms with van der Waals surface area (Å²) >= 11 is 0. The third kappa shape index (κ3) is 2.08. The second kappa shape index (κ2) is 4.57. The highest BCUT2D eigenvalue weighted by molar-refractivity contribution is 5.96. The fourth-order valence-corrected chi connectivity index (χ4v) is 2.01. The molecule has 0 bridgehead atoms. The van der Waals surface area contributed by atoms with E-state index in [1.54, 1.807) is 17.0 Å². The molecule has 0 atom stereocenters.